The van der Waals surface area contributed by atoms with Gasteiger partial charge in [-0.3, -0.25) is 9.59 Å². The number of likely N-dealkylation sites (tertiary alicyclic amines) is 1. The van der Waals surface area contributed by atoms with Crippen LogP contribution in [0.4, 0.5) is 0 Å². The molecule has 0 N–H and O–H groups in total. The van der Waals surface area contributed by atoms with Crippen molar-refractivity contribution in [3.05, 3.63) is 29.3 Å². The number of carbonyl (C=O) groups excluding carboxylic acids is 2. The molecule has 0 aliphatic carbocycles. The third kappa shape index (κ3) is 4.78. The molecule has 1 aromatic heterocycles. The number of amides is 1. The average Bonchev–Trinajstić information content (AvgIpc) is 3.00. The SMILES string of the molecule is CC1CC(C)CN(C(=O)COC(=O)CCc2nc3ccccc3s2)C1. The second-order valence-electron chi connectivity index (χ2n) is 6.98. The summed E-state index contributed by atoms with van der Waals surface area (Å²) in [5.41, 5.74) is 0.958. The van der Waals surface area contributed by atoms with Gasteiger partial charge in [0.05, 0.1) is 21.6 Å². The van der Waals surface area contributed by atoms with Gasteiger partial charge in [0, 0.05) is 19.5 Å². The fourth-order valence-corrected chi connectivity index (χ4v) is 4.37. The molecule has 6 heteroatoms. The van der Waals surface area contributed by atoms with Crippen LogP contribution in [0, 0.1) is 11.8 Å². The molecule has 0 radical (unpaired) electrons. The summed E-state index contributed by atoms with van der Waals surface area (Å²) >= 11 is 1.59. The molecule has 25 heavy (non-hydrogen) atoms. The predicted molar refractivity (Wildman–Crippen MR) is 98.4 cm³/mol. The zero-order valence-electron chi connectivity index (χ0n) is 14.7. The molecule has 2 atom stereocenters. The highest BCUT2D eigenvalue weighted by atomic mass is 32.1. The first-order valence-electron chi connectivity index (χ1n) is 8.79. The van der Waals surface area contributed by atoms with Crippen LogP contribution in [0.15, 0.2) is 24.3 Å². The summed E-state index contributed by atoms with van der Waals surface area (Å²) < 4.78 is 6.29. The van der Waals surface area contributed by atoms with Crippen molar-refractivity contribution in [3.63, 3.8) is 0 Å². The van der Waals surface area contributed by atoms with Crippen LogP contribution in [0.25, 0.3) is 10.2 Å². The quantitative estimate of drug-likeness (QED) is 0.768. The number of aryl methyl sites for hydroxylation is 1. The Kier molecular flexibility index (Phi) is 5.68. The van der Waals surface area contributed by atoms with Gasteiger partial charge in [0.25, 0.3) is 5.91 Å². The molecule has 0 spiro atoms. The maximum absolute atomic E-state index is 12.2. The van der Waals surface area contributed by atoms with Crippen molar-refractivity contribution in [3.8, 4) is 0 Å². The Balaban J connectivity index is 1.44. The van der Waals surface area contributed by atoms with Crippen LogP contribution in [-0.2, 0) is 20.7 Å². The van der Waals surface area contributed by atoms with Gasteiger partial charge in [0.2, 0.25) is 0 Å². The third-order valence-corrected chi connectivity index (χ3v) is 5.56. The topological polar surface area (TPSA) is 59.5 Å². The van der Waals surface area contributed by atoms with E-state index in [1.807, 2.05) is 29.2 Å². The van der Waals surface area contributed by atoms with Crippen LogP contribution in [-0.4, -0.2) is 41.5 Å². The Morgan fingerprint density at radius 3 is 2.68 bits per heavy atom. The van der Waals surface area contributed by atoms with Gasteiger partial charge in [-0.15, -0.1) is 11.3 Å². The van der Waals surface area contributed by atoms with Crippen LogP contribution >= 0.6 is 11.3 Å². The fourth-order valence-electron chi connectivity index (χ4n) is 3.41. The van der Waals surface area contributed by atoms with Crippen LogP contribution in [0.1, 0.15) is 31.7 Å². The lowest BCUT2D eigenvalue weighted by Crippen LogP contribution is -2.44. The Morgan fingerprint density at radius 2 is 1.96 bits per heavy atom. The minimum atomic E-state index is -0.342. The maximum atomic E-state index is 12.2. The van der Waals surface area contributed by atoms with E-state index in [0.717, 1.165) is 34.7 Å². The summed E-state index contributed by atoms with van der Waals surface area (Å²) in [6, 6.07) is 7.92. The monoisotopic (exact) mass is 360 g/mol. The van der Waals surface area contributed by atoms with Gasteiger partial charge in [0.1, 0.15) is 0 Å². The summed E-state index contributed by atoms with van der Waals surface area (Å²) in [6.07, 6.45) is 1.94. The van der Waals surface area contributed by atoms with E-state index in [1.54, 1.807) is 11.3 Å². The van der Waals surface area contributed by atoms with Crippen molar-refractivity contribution >= 4 is 33.4 Å². The number of carbonyl (C=O) groups is 2. The standard InChI is InChI=1S/C19H24N2O3S/c1-13-9-14(2)11-21(10-13)18(22)12-24-19(23)8-7-17-20-15-5-3-4-6-16(15)25-17/h3-6,13-14H,7-12H2,1-2H3. The summed E-state index contributed by atoms with van der Waals surface area (Å²) in [7, 11) is 0. The average molecular weight is 360 g/mol. The van der Waals surface area contributed by atoms with Crippen molar-refractivity contribution in [1.29, 1.82) is 0 Å². The number of rotatable bonds is 5. The highest BCUT2D eigenvalue weighted by Gasteiger charge is 2.25. The number of ether oxygens (including phenoxy) is 1. The third-order valence-electron chi connectivity index (χ3n) is 4.46. The van der Waals surface area contributed by atoms with Crippen molar-refractivity contribution in [1.82, 2.24) is 9.88 Å². The van der Waals surface area contributed by atoms with E-state index in [-0.39, 0.29) is 24.9 Å². The van der Waals surface area contributed by atoms with Crippen LogP contribution < -0.4 is 0 Å². The van der Waals surface area contributed by atoms with E-state index in [1.165, 1.54) is 0 Å². The first-order chi connectivity index (χ1) is 12.0. The fraction of sp³-hybridized carbons (Fsp3) is 0.526. The second-order valence-corrected chi connectivity index (χ2v) is 8.10. The number of fused-ring (bicyclic) bond motifs is 1. The van der Waals surface area contributed by atoms with Crippen LogP contribution in [0.3, 0.4) is 0 Å². The zero-order valence-corrected chi connectivity index (χ0v) is 15.6. The smallest absolute Gasteiger partial charge is 0.306 e. The van der Waals surface area contributed by atoms with Crippen molar-refractivity contribution < 1.29 is 14.3 Å². The van der Waals surface area contributed by atoms with Gasteiger partial charge in [-0.05, 0) is 30.4 Å². The summed E-state index contributed by atoms with van der Waals surface area (Å²) in [6.45, 7) is 5.66. The van der Waals surface area contributed by atoms with E-state index in [9.17, 15) is 9.59 Å². The number of benzene rings is 1. The predicted octanol–water partition coefficient (Wildman–Crippen LogP) is 3.28. The molecule has 5 nitrogen and oxygen atoms in total. The number of nitrogens with zero attached hydrogens (tertiary/aromatic N) is 2. The normalized spacial score (nSPS) is 20.6. The lowest BCUT2D eigenvalue weighted by molar-refractivity contribution is -0.153. The Labute approximate surface area is 152 Å². The Bertz CT molecular complexity index is 715. The number of piperidine rings is 1. The van der Waals surface area contributed by atoms with Gasteiger partial charge in [0.15, 0.2) is 6.61 Å². The second kappa shape index (κ2) is 7.95. The molecule has 0 bridgehead atoms. The number of hydrogen-bond donors (Lipinski definition) is 0. The molecule has 2 unspecified atom stereocenters. The first kappa shape index (κ1) is 17.9. The molecule has 2 heterocycles. The van der Waals surface area contributed by atoms with E-state index < -0.39 is 0 Å². The van der Waals surface area contributed by atoms with E-state index >= 15 is 0 Å². The molecule has 1 aliphatic heterocycles. The van der Waals surface area contributed by atoms with Crippen molar-refractivity contribution in [2.45, 2.75) is 33.1 Å². The van der Waals surface area contributed by atoms with E-state index in [2.05, 4.69) is 18.8 Å². The van der Waals surface area contributed by atoms with E-state index in [4.69, 9.17) is 4.74 Å². The van der Waals surface area contributed by atoms with Gasteiger partial charge in [-0.2, -0.15) is 0 Å². The van der Waals surface area contributed by atoms with Crippen LogP contribution in [0.2, 0.25) is 0 Å². The molecule has 1 aromatic carbocycles. The Morgan fingerprint density at radius 1 is 1.24 bits per heavy atom. The number of esters is 1. The highest BCUT2D eigenvalue weighted by molar-refractivity contribution is 7.18. The molecule has 134 valence electrons. The summed E-state index contributed by atoms with van der Waals surface area (Å²) in [5, 5.41) is 0.920. The molecule has 1 aliphatic rings. The minimum Gasteiger partial charge on any atom is -0.456 e. The van der Waals surface area contributed by atoms with Crippen molar-refractivity contribution in [2.24, 2.45) is 11.8 Å². The molecule has 0 saturated carbocycles. The molecule has 1 fully saturated rings. The van der Waals surface area contributed by atoms with Gasteiger partial charge < -0.3 is 9.64 Å². The zero-order chi connectivity index (χ0) is 17.8. The summed E-state index contributed by atoms with van der Waals surface area (Å²) in [4.78, 5) is 30.5. The van der Waals surface area contributed by atoms with Crippen LogP contribution in [0.5, 0.6) is 0 Å². The Hall–Kier alpha value is -1.95. The molecular formula is C19H24N2O3S. The largest absolute Gasteiger partial charge is 0.456 e. The lowest BCUT2D eigenvalue weighted by Gasteiger charge is -2.34. The minimum absolute atomic E-state index is 0.0910. The maximum Gasteiger partial charge on any atom is 0.306 e. The number of aromatic nitrogens is 1. The number of thiazole rings is 1. The first-order valence-corrected chi connectivity index (χ1v) is 9.60. The van der Waals surface area contributed by atoms with Gasteiger partial charge in [-0.25, -0.2) is 4.98 Å². The van der Waals surface area contributed by atoms with Crippen molar-refractivity contribution in [2.75, 3.05) is 19.7 Å². The molecule has 1 amide bonds. The highest BCUT2D eigenvalue weighted by Crippen LogP contribution is 2.23. The molecule has 1 saturated heterocycles. The van der Waals surface area contributed by atoms with E-state index in [0.29, 0.717) is 18.3 Å². The number of para-hydroxylation sites is 1. The summed E-state index contributed by atoms with van der Waals surface area (Å²) in [5.74, 6) is 0.572. The van der Waals surface area contributed by atoms with Gasteiger partial charge >= 0.3 is 5.97 Å². The van der Waals surface area contributed by atoms with Gasteiger partial charge in [-0.1, -0.05) is 26.0 Å². The lowest BCUT2D eigenvalue weighted by atomic mass is 9.92. The number of hydrogen-bond acceptors (Lipinski definition) is 5. The molecular weight excluding hydrogens is 336 g/mol. The molecule has 2 aromatic rings. The molecule has 3 rings (SSSR count).